The number of aliphatic hydroxyl groups is 2. The molecule has 2 aliphatic heterocycles. The molecule has 2 N–H and O–H groups in total. The molecule has 202 valence electrons. The average molecular weight is 524 g/mol. The Morgan fingerprint density at radius 1 is 1.25 bits per heavy atom. The van der Waals surface area contributed by atoms with Gasteiger partial charge in [0.1, 0.15) is 16.9 Å². The number of ether oxygens (including phenoxy) is 3. The minimum Gasteiger partial charge on any atom is -0.458 e. The summed E-state index contributed by atoms with van der Waals surface area (Å²) in [6.07, 6.45) is 2.10. The minimum absolute atomic E-state index is 0.0133. The second kappa shape index (κ2) is 12.3. The van der Waals surface area contributed by atoms with Crippen molar-refractivity contribution in [2.75, 3.05) is 7.11 Å². The summed E-state index contributed by atoms with van der Waals surface area (Å²) in [5.41, 5.74) is 0.400. The fourth-order valence-corrected chi connectivity index (χ4v) is 5.64. The highest BCUT2D eigenvalue weighted by atomic mass is 32.1. The second-order valence-corrected chi connectivity index (χ2v) is 11.9. The topological polar surface area (TPSA) is 118 Å². The molecule has 0 aromatic carbocycles. The Bertz CT molecular complexity index is 942. The van der Waals surface area contributed by atoms with E-state index in [4.69, 9.17) is 14.2 Å². The zero-order valence-electron chi connectivity index (χ0n) is 22.2. The molecule has 7 unspecified atom stereocenters. The van der Waals surface area contributed by atoms with E-state index < -0.39 is 35.6 Å². The number of hydrogen-bond acceptors (Lipinski definition) is 9. The molecule has 0 aliphatic carbocycles. The van der Waals surface area contributed by atoms with Crippen molar-refractivity contribution in [1.29, 1.82) is 0 Å². The molecule has 2 aliphatic rings. The number of cyclic esters (lactones) is 1. The van der Waals surface area contributed by atoms with E-state index >= 15 is 0 Å². The number of carbonyl (C=O) groups excluding carboxylic acids is 2. The Morgan fingerprint density at radius 3 is 2.67 bits per heavy atom. The van der Waals surface area contributed by atoms with Crippen LogP contribution in [0.1, 0.15) is 77.4 Å². The average Bonchev–Trinajstić information content (AvgIpc) is 3.41. The van der Waals surface area contributed by atoms with Gasteiger partial charge in [-0.2, -0.15) is 0 Å². The summed E-state index contributed by atoms with van der Waals surface area (Å²) in [6.45, 7) is 9.22. The van der Waals surface area contributed by atoms with Crippen molar-refractivity contribution in [2.24, 2.45) is 17.3 Å². The van der Waals surface area contributed by atoms with E-state index in [1.54, 1.807) is 27.9 Å². The van der Waals surface area contributed by atoms with Crippen molar-refractivity contribution in [3.05, 3.63) is 21.7 Å². The van der Waals surface area contributed by atoms with Crippen molar-refractivity contribution < 1.29 is 34.0 Å². The van der Waals surface area contributed by atoms with Crippen LogP contribution in [0, 0.1) is 17.3 Å². The molecule has 9 heteroatoms. The van der Waals surface area contributed by atoms with Gasteiger partial charge in [-0.25, -0.2) is 4.98 Å². The van der Waals surface area contributed by atoms with Gasteiger partial charge in [0.2, 0.25) is 0 Å². The van der Waals surface area contributed by atoms with Gasteiger partial charge in [-0.1, -0.05) is 34.1 Å². The molecule has 7 atom stereocenters. The lowest BCUT2D eigenvalue weighted by Crippen LogP contribution is -2.45. The van der Waals surface area contributed by atoms with E-state index in [2.05, 4.69) is 4.98 Å². The number of esters is 1. The van der Waals surface area contributed by atoms with Crippen molar-refractivity contribution in [1.82, 2.24) is 4.98 Å². The number of nitrogens with zero attached hydrogens (tertiary/aromatic N) is 1. The molecule has 3 rings (SSSR count). The lowest BCUT2D eigenvalue weighted by Gasteiger charge is -2.34. The minimum atomic E-state index is -1.24. The first-order valence-corrected chi connectivity index (χ1v) is 13.7. The zero-order chi connectivity index (χ0) is 26.6. The number of thiazole rings is 1. The molecular weight excluding hydrogens is 482 g/mol. The molecule has 2 fully saturated rings. The van der Waals surface area contributed by atoms with Crippen LogP contribution in [0.2, 0.25) is 0 Å². The van der Waals surface area contributed by atoms with Gasteiger partial charge in [0, 0.05) is 24.8 Å². The quantitative estimate of drug-likeness (QED) is 0.450. The maximum atomic E-state index is 13.2. The Balaban J connectivity index is 1.80. The molecule has 0 radical (unpaired) electrons. The highest BCUT2D eigenvalue weighted by Crippen LogP contribution is 2.36. The first-order valence-electron chi connectivity index (χ1n) is 12.8. The summed E-state index contributed by atoms with van der Waals surface area (Å²) in [6, 6.07) is 0. The number of epoxide rings is 1. The third kappa shape index (κ3) is 7.22. The number of aliphatic hydroxyl groups excluding tert-OH is 2. The summed E-state index contributed by atoms with van der Waals surface area (Å²) in [5, 5.41) is 24.4. The third-order valence-corrected chi connectivity index (χ3v) is 8.45. The van der Waals surface area contributed by atoms with E-state index in [0.29, 0.717) is 13.0 Å². The van der Waals surface area contributed by atoms with Gasteiger partial charge < -0.3 is 24.4 Å². The smallest absolute Gasteiger partial charge is 0.309 e. The van der Waals surface area contributed by atoms with Crippen LogP contribution in [0.3, 0.4) is 0 Å². The second-order valence-electron chi connectivity index (χ2n) is 10.9. The first kappa shape index (κ1) is 28.9. The summed E-state index contributed by atoms with van der Waals surface area (Å²) in [5.74, 6) is -1.56. The summed E-state index contributed by atoms with van der Waals surface area (Å²) < 4.78 is 16.9. The normalized spacial score (nSPS) is 34.7. The zero-order valence-corrected chi connectivity index (χ0v) is 23.0. The van der Waals surface area contributed by atoms with Gasteiger partial charge in [0.05, 0.1) is 48.6 Å². The van der Waals surface area contributed by atoms with Crippen LogP contribution in [-0.4, -0.2) is 64.6 Å². The summed E-state index contributed by atoms with van der Waals surface area (Å²) in [4.78, 5) is 30.6. The molecule has 0 amide bonds. The Morgan fingerprint density at radius 2 is 1.97 bits per heavy atom. The number of aromatic nitrogens is 1. The van der Waals surface area contributed by atoms with Gasteiger partial charge in [-0.15, -0.1) is 11.3 Å². The summed E-state index contributed by atoms with van der Waals surface area (Å²) >= 11 is 1.50. The maximum Gasteiger partial charge on any atom is 0.309 e. The molecule has 0 saturated carbocycles. The molecule has 2 saturated heterocycles. The van der Waals surface area contributed by atoms with Gasteiger partial charge in [0.15, 0.2) is 0 Å². The number of fused-ring (bicyclic) bond motifs is 1. The van der Waals surface area contributed by atoms with Crippen LogP contribution in [-0.2, 0) is 30.4 Å². The Kier molecular flexibility index (Phi) is 9.85. The molecule has 1 aromatic heterocycles. The molecule has 8 nitrogen and oxygen atoms in total. The van der Waals surface area contributed by atoms with Crippen LogP contribution in [0.15, 0.2) is 11.0 Å². The van der Waals surface area contributed by atoms with Crippen molar-refractivity contribution >= 4 is 29.2 Å². The number of rotatable bonds is 4. The number of methoxy groups -OCH3 is 1. The van der Waals surface area contributed by atoms with Crippen molar-refractivity contribution in [2.45, 2.75) is 104 Å². The fraction of sp³-hybridized carbons (Fsp3) is 0.741. The van der Waals surface area contributed by atoms with E-state index in [9.17, 15) is 19.8 Å². The molecule has 36 heavy (non-hydrogen) atoms. The summed E-state index contributed by atoms with van der Waals surface area (Å²) in [7, 11) is 1.62. The molecule has 1 aromatic rings. The number of carbonyl (C=O) groups is 2. The van der Waals surface area contributed by atoms with Crippen LogP contribution < -0.4 is 0 Å². The molecular formula is C27H41NO7S. The first-order chi connectivity index (χ1) is 16.9. The van der Waals surface area contributed by atoms with Gasteiger partial charge >= 0.3 is 5.97 Å². The number of ketones is 1. The lowest BCUT2D eigenvalue weighted by atomic mass is 9.73. The van der Waals surface area contributed by atoms with E-state index in [0.717, 1.165) is 35.5 Å². The molecule has 3 heterocycles. The largest absolute Gasteiger partial charge is 0.458 e. The SMILES string of the molecule is COCc1nc(C=C(C)C2CC3OC3CCCC(C)C(O)C(C)C(=O)C(C)(C)C(O)CC(=O)O2)cs1. The Hall–Kier alpha value is -1.65. The van der Waals surface area contributed by atoms with E-state index in [1.165, 1.54) is 11.3 Å². The number of hydrogen-bond donors (Lipinski definition) is 2. The van der Waals surface area contributed by atoms with Gasteiger partial charge in [0.25, 0.3) is 0 Å². The van der Waals surface area contributed by atoms with Crippen LogP contribution in [0.4, 0.5) is 0 Å². The maximum absolute atomic E-state index is 13.2. The van der Waals surface area contributed by atoms with Crippen LogP contribution in [0.5, 0.6) is 0 Å². The van der Waals surface area contributed by atoms with Crippen molar-refractivity contribution in [3.63, 3.8) is 0 Å². The van der Waals surface area contributed by atoms with Gasteiger partial charge in [-0.05, 0) is 37.3 Å². The van der Waals surface area contributed by atoms with Crippen LogP contribution >= 0.6 is 11.3 Å². The van der Waals surface area contributed by atoms with E-state index in [-0.39, 0.29) is 30.3 Å². The van der Waals surface area contributed by atoms with Gasteiger partial charge in [-0.3, -0.25) is 9.59 Å². The van der Waals surface area contributed by atoms with Crippen molar-refractivity contribution in [3.8, 4) is 0 Å². The predicted molar refractivity (Wildman–Crippen MR) is 137 cm³/mol. The highest BCUT2D eigenvalue weighted by Gasteiger charge is 2.44. The highest BCUT2D eigenvalue weighted by molar-refractivity contribution is 7.09. The van der Waals surface area contributed by atoms with Crippen LogP contribution in [0.25, 0.3) is 6.08 Å². The lowest BCUT2D eigenvalue weighted by molar-refractivity contribution is -0.154. The number of Topliss-reactive ketones (excluding diaryl/α,β-unsaturated/α-hetero) is 1. The Labute approximate surface area is 218 Å². The fourth-order valence-electron chi connectivity index (χ4n) is 4.92. The monoisotopic (exact) mass is 523 g/mol. The predicted octanol–water partition coefficient (Wildman–Crippen LogP) is 3.93. The standard InChI is InChI=1S/C27H41NO7S/c1-15-8-7-9-19-21(34-19)11-20(16(2)10-18-14-36-23(28-18)13-33-6)35-24(30)12-22(29)27(4,5)26(32)17(3)25(15)31/h10,14-15,17,19-22,25,29,31H,7-9,11-13H2,1-6H3. The van der Waals surface area contributed by atoms with E-state index in [1.807, 2.05) is 25.3 Å². The molecule has 0 spiro atoms. The third-order valence-electron chi connectivity index (χ3n) is 7.61. The molecule has 0 bridgehead atoms.